The molecule has 1 heterocycles. The molecule has 7 nitrogen and oxygen atoms in total. The van der Waals surface area contributed by atoms with Crippen molar-refractivity contribution >= 4 is 27.3 Å². The van der Waals surface area contributed by atoms with E-state index in [0.29, 0.717) is 36.7 Å². The third-order valence-electron chi connectivity index (χ3n) is 5.76. The van der Waals surface area contributed by atoms with Crippen molar-refractivity contribution in [3.05, 3.63) is 83.9 Å². The maximum Gasteiger partial charge on any atom is 0.261 e. The van der Waals surface area contributed by atoms with E-state index in [4.69, 9.17) is 4.74 Å². The van der Waals surface area contributed by atoms with E-state index in [9.17, 15) is 13.2 Å². The molecule has 0 radical (unpaired) electrons. The van der Waals surface area contributed by atoms with Crippen molar-refractivity contribution in [2.45, 2.75) is 18.7 Å². The molecule has 0 aliphatic carbocycles. The van der Waals surface area contributed by atoms with Crippen LogP contribution in [-0.4, -0.2) is 52.0 Å². The molecular formula is C26H29N3O4S. The molecule has 1 aliphatic heterocycles. The molecule has 1 N–H and O–H groups in total. The topological polar surface area (TPSA) is 78.9 Å². The molecule has 34 heavy (non-hydrogen) atoms. The monoisotopic (exact) mass is 479 g/mol. The summed E-state index contributed by atoms with van der Waals surface area (Å²) in [7, 11) is -3.77. The van der Waals surface area contributed by atoms with Crippen LogP contribution in [0.5, 0.6) is 5.75 Å². The Kier molecular flexibility index (Phi) is 7.07. The number of sulfonamides is 1. The van der Waals surface area contributed by atoms with Crippen molar-refractivity contribution in [3.63, 3.8) is 0 Å². The predicted octanol–water partition coefficient (Wildman–Crippen LogP) is 4.16. The van der Waals surface area contributed by atoms with Gasteiger partial charge < -0.3 is 14.5 Å². The molecular weight excluding hydrogens is 450 g/mol. The van der Waals surface area contributed by atoms with E-state index < -0.39 is 10.0 Å². The average Bonchev–Trinajstić information content (AvgIpc) is 2.85. The van der Waals surface area contributed by atoms with Gasteiger partial charge in [0.05, 0.1) is 11.5 Å². The summed E-state index contributed by atoms with van der Waals surface area (Å²) < 4.78 is 33.4. The van der Waals surface area contributed by atoms with Crippen molar-refractivity contribution < 1.29 is 17.9 Å². The van der Waals surface area contributed by atoms with Gasteiger partial charge in [0.15, 0.2) is 0 Å². The maximum atomic E-state index is 13.0. The first-order chi connectivity index (χ1) is 16.4. The molecule has 1 amide bonds. The van der Waals surface area contributed by atoms with E-state index in [1.54, 1.807) is 36.4 Å². The lowest BCUT2D eigenvalue weighted by molar-refractivity contribution is 0.0746. The molecule has 1 aliphatic rings. The standard InChI is InChI=1S/C26H29N3O4S/c1-3-33-24-11-9-22(10-12-24)27-34(31,32)25-13-7-21(8-14-25)26(30)29-17-15-28(16-18-29)23-6-4-5-20(2)19-23/h4-14,19,27H,3,15-18H2,1-2H3. The first-order valence-electron chi connectivity index (χ1n) is 11.3. The smallest absolute Gasteiger partial charge is 0.261 e. The van der Waals surface area contributed by atoms with Crippen LogP contribution in [0.4, 0.5) is 11.4 Å². The third kappa shape index (κ3) is 5.51. The van der Waals surface area contributed by atoms with Gasteiger partial charge in [0.25, 0.3) is 15.9 Å². The summed E-state index contributed by atoms with van der Waals surface area (Å²) in [5.74, 6) is 0.584. The van der Waals surface area contributed by atoms with Crippen molar-refractivity contribution in [1.82, 2.24) is 4.90 Å². The number of amides is 1. The van der Waals surface area contributed by atoms with Crippen LogP contribution in [0.1, 0.15) is 22.8 Å². The van der Waals surface area contributed by atoms with Gasteiger partial charge in [0.1, 0.15) is 5.75 Å². The van der Waals surface area contributed by atoms with Gasteiger partial charge in [-0.2, -0.15) is 0 Å². The fourth-order valence-electron chi connectivity index (χ4n) is 3.95. The number of aryl methyl sites for hydroxylation is 1. The molecule has 3 aromatic carbocycles. The summed E-state index contributed by atoms with van der Waals surface area (Å²) in [4.78, 5) is 17.2. The molecule has 4 rings (SSSR count). The van der Waals surface area contributed by atoms with Gasteiger partial charge in [-0.3, -0.25) is 9.52 Å². The Hall–Kier alpha value is -3.52. The lowest BCUT2D eigenvalue weighted by Gasteiger charge is -2.36. The number of hydrogen-bond donors (Lipinski definition) is 1. The van der Waals surface area contributed by atoms with Crippen LogP contribution in [0.2, 0.25) is 0 Å². The summed E-state index contributed by atoms with van der Waals surface area (Å²) in [5, 5.41) is 0. The molecule has 0 unspecified atom stereocenters. The fourth-order valence-corrected chi connectivity index (χ4v) is 5.01. The van der Waals surface area contributed by atoms with Crippen molar-refractivity contribution in [1.29, 1.82) is 0 Å². The largest absolute Gasteiger partial charge is 0.494 e. The Morgan fingerprint density at radius 2 is 1.62 bits per heavy atom. The molecule has 0 atom stereocenters. The molecule has 0 saturated carbocycles. The van der Waals surface area contributed by atoms with Gasteiger partial charge in [-0.1, -0.05) is 12.1 Å². The van der Waals surface area contributed by atoms with E-state index in [-0.39, 0.29) is 10.8 Å². The van der Waals surface area contributed by atoms with E-state index in [1.165, 1.54) is 23.4 Å². The Bertz CT molecular complexity index is 1230. The summed E-state index contributed by atoms with van der Waals surface area (Å²) in [6.07, 6.45) is 0. The number of carbonyl (C=O) groups excluding carboxylic acids is 1. The highest BCUT2D eigenvalue weighted by Crippen LogP contribution is 2.21. The molecule has 8 heteroatoms. The van der Waals surface area contributed by atoms with Crippen molar-refractivity contribution in [2.24, 2.45) is 0 Å². The lowest BCUT2D eigenvalue weighted by Crippen LogP contribution is -2.48. The van der Waals surface area contributed by atoms with Gasteiger partial charge in [-0.05, 0) is 80.1 Å². The molecule has 3 aromatic rings. The third-order valence-corrected chi connectivity index (χ3v) is 7.16. The lowest BCUT2D eigenvalue weighted by atomic mass is 10.1. The molecule has 178 valence electrons. The number of ether oxygens (including phenoxy) is 1. The summed E-state index contributed by atoms with van der Waals surface area (Å²) >= 11 is 0. The fraction of sp³-hybridized carbons (Fsp3) is 0.269. The minimum atomic E-state index is -3.77. The van der Waals surface area contributed by atoms with Gasteiger partial charge in [-0.15, -0.1) is 0 Å². The van der Waals surface area contributed by atoms with E-state index in [1.807, 2.05) is 17.9 Å². The van der Waals surface area contributed by atoms with Crippen LogP contribution in [-0.2, 0) is 10.0 Å². The van der Waals surface area contributed by atoms with Crippen LogP contribution >= 0.6 is 0 Å². The normalized spacial score (nSPS) is 14.1. The Morgan fingerprint density at radius 1 is 0.941 bits per heavy atom. The van der Waals surface area contributed by atoms with Gasteiger partial charge in [0.2, 0.25) is 0 Å². The highest BCUT2D eigenvalue weighted by atomic mass is 32.2. The Balaban J connectivity index is 1.37. The number of anilines is 2. The minimum absolute atomic E-state index is 0.0905. The van der Waals surface area contributed by atoms with Gasteiger partial charge in [-0.25, -0.2) is 8.42 Å². The number of hydrogen-bond acceptors (Lipinski definition) is 5. The van der Waals surface area contributed by atoms with Crippen LogP contribution < -0.4 is 14.4 Å². The van der Waals surface area contributed by atoms with Crippen molar-refractivity contribution in [3.8, 4) is 5.75 Å². The van der Waals surface area contributed by atoms with Gasteiger partial charge in [0, 0.05) is 43.1 Å². The summed E-state index contributed by atoms with van der Waals surface area (Å²) in [6, 6.07) is 21.1. The van der Waals surface area contributed by atoms with Crippen LogP contribution in [0, 0.1) is 6.92 Å². The molecule has 0 aromatic heterocycles. The quantitative estimate of drug-likeness (QED) is 0.551. The average molecular weight is 480 g/mol. The van der Waals surface area contributed by atoms with Crippen LogP contribution in [0.25, 0.3) is 0 Å². The van der Waals surface area contributed by atoms with Crippen LogP contribution in [0.3, 0.4) is 0 Å². The number of rotatable bonds is 7. The van der Waals surface area contributed by atoms with E-state index in [0.717, 1.165) is 13.1 Å². The molecule has 0 bridgehead atoms. The van der Waals surface area contributed by atoms with E-state index in [2.05, 4.69) is 34.7 Å². The zero-order valence-corrected chi connectivity index (χ0v) is 20.2. The van der Waals surface area contributed by atoms with Gasteiger partial charge >= 0.3 is 0 Å². The first-order valence-corrected chi connectivity index (χ1v) is 12.8. The predicted molar refractivity (Wildman–Crippen MR) is 134 cm³/mol. The second-order valence-electron chi connectivity index (χ2n) is 8.21. The highest BCUT2D eigenvalue weighted by Gasteiger charge is 2.23. The zero-order valence-electron chi connectivity index (χ0n) is 19.4. The molecule has 1 fully saturated rings. The number of carbonyl (C=O) groups is 1. The zero-order chi connectivity index (χ0) is 24.1. The SMILES string of the molecule is CCOc1ccc(NS(=O)(=O)c2ccc(C(=O)N3CCN(c4cccc(C)c4)CC3)cc2)cc1. The Morgan fingerprint density at radius 3 is 2.24 bits per heavy atom. The number of nitrogens with zero attached hydrogens (tertiary/aromatic N) is 2. The minimum Gasteiger partial charge on any atom is -0.494 e. The number of benzene rings is 3. The number of piperazine rings is 1. The second-order valence-corrected chi connectivity index (χ2v) is 9.89. The summed E-state index contributed by atoms with van der Waals surface area (Å²) in [6.45, 7) is 7.25. The Labute approximate surface area is 201 Å². The molecule has 0 spiro atoms. The second kappa shape index (κ2) is 10.2. The van der Waals surface area contributed by atoms with Crippen LogP contribution in [0.15, 0.2) is 77.7 Å². The highest BCUT2D eigenvalue weighted by molar-refractivity contribution is 7.92. The summed E-state index contributed by atoms with van der Waals surface area (Å²) in [5.41, 5.74) is 3.30. The maximum absolute atomic E-state index is 13.0. The van der Waals surface area contributed by atoms with Crippen molar-refractivity contribution in [2.75, 3.05) is 42.4 Å². The van der Waals surface area contributed by atoms with E-state index >= 15 is 0 Å². The number of nitrogens with one attached hydrogen (secondary N) is 1. The first kappa shape index (κ1) is 23.6. The molecule has 1 saturated heterocycles.